The maximum absolute atomic E-state index is 12.0. The van der Waals surface area contributed by atoms with E-state index in [1.807, 2.05) is 24.3 Å². The summed E-state index contributed by atoms with van der Waals surface area (Å²) in [6.07, 6.45) is 4.79. The van der Waals surface area contributed by atoms with Crippen LogP contribution in [0, 0.1) is 5.92 Å². The minimum absolute atomic E-state index is 0.0624. The molecular weight excluding hydrogens is 216 g/mol. The Labute approximate surface area is 101 Å². The number of rotatable bonds is 6. The molecule has 0 saturated heterocycles. The topological polar surface area (TPSA) is 17.1 Å². The number of ketones is 1. The second-order valence-electron chi connectivity index (χ2n) is 4.12. The summed E-state index contributed by atoms with van der Waals surface area (Å²) < 4.78 is 0. The zero-order valence-electron chi connectivity index (χ0n) is 9.26. The van der Waals surface area contributed by atoms with Crippen molar-refractivity contribution in [3.05, 3.63) is 43.0 Å². The first-order chi connectivity index (χ1) is 7.81. The van der Waals surface area contributed by atoms with E-state index in [4.69, 9.17) is 0 Å². The SMILES string of the molecule is C=CCC(Sc1ccccc1)C(=O)C1CC1. The van der Waals surface area contributed by atoms with Gasteiger partial charge < -0.3 is 0 Å². The van der Waals surface area contributed by atoms with E-state index in [2.05, 4.69) is 18.7 Å². The van der Waals surface area contributed by atoms with Gasteiger partial charge in [-0.3, -0.25) is 4.79 Å². The Morgan fingerprint density at radius 2 is 2.12 bits per heavy atom. The van der Waals surface area contributed by atoms with Crippen LogP contribution in [-0.4, -0.2) is 11.0 Å². The molecule has 16 heavy (non-hydrogen) atoms. The number of carbonyl (C=O) groups excluding carboxylic acids is 1. The summed E-state index contributed by atoms with van der Waals surface area (Å²) in [5.41, 5.74) is 0. The van der Waals surface area contributed by atoms with Gasteiger partial charge in [0.1, 0.15) is 5.78 Å². The zero-order chi connectivity index (χ0) is 11.4. The summed E-state index contributed by atoms with van der Waals surface area (Å²) in [5, 5.41) is 0.0624. The quantitative estimate of drug-likeness (QED) is 0.549. The molecule has 0 amide bonds. The van der Waals surface area contributed by atoms with E-state index < -0.39 is 0 Å². The van der Waals surface area contributed by atoms with Gasteiger partial charge in [-0.15, -0.1) is 18.3 Å². The van der Waals surface area contributed by atoms with Crippen LogP contribution in [0.4, 0.5) is 0 Å². The summed E-state index contributed by atoms with van der Waals surface area (Å²) in [6.45, 7) is 3.74. The summed E-state index contributed by atoms with van der Waals surface area (Å²) in [6, 6.07) is 10.1. The minimum atomic E-state index is 0.0624. The van der Waals surface area contributed by atoms with Crippen molar-refractivity contribution in [2.24, 2.45) is 5.92 Å². The third-order valence-electron chi connectivity index (χ3n) is 2.70. The summed E-state index contributed by atoms with van der Waals surface area (Å²) in [5.74, 6) is 0.745. The van der Waals surface area contributed by atoms with Crippen molar-refractivity contribution in [2.45, 2.75) is 29.4 Å². The fourth-order valence-corrected chi connectivity index (χ4v) is 2.85. The predicted molar refractivity (Wildman–Crippen MR) is 68.6 cm³/mol. The van der Waals surface area contributed by atoms with Crippen LogP contribution in [0.15, 0.2) is 47.9 Å². The highest BCUT2D eigenvalue weighted by atomic mass is 32.2. The molecule has 0 aromatic heterocycles. The highest BCUT2D eigenvalue weighted by molar-refractivity contribution is 8.00. The normalized spacial score (nSPS) is 16.8. The molecule has 0 bridgehead atoms. The maximum atomic E-state index is 12.0. The molecular formula is C14H16OS. The molecule has 0 spiro atoms. The van der Waals surface area contributed by atoms with Gasteiger partial charge in [0.2, 0.25) is 0 Å². The highest BCUT2D eigenvalue weighted by Gasteiger charge is 2.34. The van der Waals surface area contributed by atoms with Gasteiger partial charge >= 0.3 is 0 Å². The minimum Gasteiger partial charge on any atom is -0.298 e. The molecule has 0 radical (unpaired) electrons. The van der Waals surface area contributed by atoms with Crippen LogP contribution in [0.5, 0.6) is 0 Å². The van der Waals surface area contributed by atoms with Crippen LogP contribution in [0.3, 0.4) is 0 Å². The molecule has 1 atom stereocenters. The number of thioether (sulfide) groups is 1. The molecule has 0 aliphatic heterocycles. The fourth-order valence-electron chi connectivity index (χ4n) is 1.67. The Hall–Kier alpha value is -1.02. The van der Waals surface area contributed by atoms with E-state index in [0.29, 0.717) is 11.7 Å². The van der Waals surface area contributed by atoms with Crippen LogP contribution in [0.1, 0.15) is 19.3 Å². The van der Waals surface area contributed by atoms with Crippen LogP contribution in [0.2, 0.25) is 0 Å². The van der Waals surface area contributed by atoms with E-state index in [9.17, 15) is 4.79 Å². The van der Waals surface area contributed by atoms with Crippen molar-refractivity contribution < 1.29 is 4.79 Å². The van der Waals surface area contributed by atoms with Gasteiger partial charge in [-0.1, -0.05) is 24.3 Å². The summed E-state index contributed by atoms with van der Waals surface area (Å²) >= 11 is 1.67. The standard InChI is InChI=1S/C14H16OS/c1-2-6-13(14(15)11-9-10-11)16-12-7-4-3-5-8-12/h2-5,7-8,11,13H,1,6,9-10H2. The molecule has 1 aliphatic carbocycles. The molecule has 2 heteroatoms. The molecule has 0 N–H and O–H groups in total. The first-order valence-corrected chi connectivity index (χ1v) is 6.55. The number of Topliss-reactive ketones (excluding diaryl/α,β-unsaturated/α-hetero) is 1. The molecule has 0 heterocycles. The van der Waals surface area contributed by atoms with Crippen LogP contribution in [0.25, 0.3) is 0 Å². The molecule has 1 aliphatic rings. The first-order valence-electron chi connectivity index (χ1n) is 5.67. The van der Waals surface area contributed by atoms with Crippen LogP contribution >= 0.6 is 11.8 Å². The average Bonchev–Trinajstić information content (AvgIpc) is 3.13. The lowest BCUT2D eigenvalue weighted by molar-refractivity contribution is -0.119. The fraction of sp³-hybridized carbons (Fsp3) is 0.357. The average molecular weight is 232 g/mol. The maximum Gasteiger partial charge on any atom is 0.149 e. The summed E-state index contributed by atoms with van der Waals surface area (Å²) in [4.78, 5) is 13.2. The number of allylic oxidation sites excluding steroid dienone is 1. The van der Waals surface area contributed by atoms with Gasteiger partial charge in [0.25, 0.3) is 0 Å². The lowest BCUT2D eigenvalue weighted by Crippen LogP contribution is -2.18. The van der Waals surface area contributed by atoms with Gasteiger partial charge in [0, 0.05) is 10.8 Å². The smallest absolute Gasteiger partial charge is 0.149 e. The largest absolute Gasteiger partial charge is 0.298 e. The van der Waals surface area contributed by atoms with Gasteiger partial charge in [0.05, 0.1) is 5.25 Å². The predicted octanol–water partition coefficient (Wildman–Crippen LogP) is 3.70. The van der Waals surface area contributed by atoms with Crippen molar-refractivity contribution in [3.8, 4) is 0 Å². The molecule has 2 rings (SSSR count). The monoisotopic (exact) mass is 232 g/mol. The van der Waals surface area contributed by atoms with Crippen molar-refractivity contribution in [1.82, 2.24) is 0 Å². The number of carbonyl (C=O) groups is 1. The molecule has 1 nitrogen and oxygen atoms in total. The Morgan fingerprint density at radius 1 is 1.44 bits per heavy atom. The van der Waals surface area contributed by atoms with Crippen molar-refractivity contribution >= 4 is 17.5 Å². The van der Waals surface area contributed by atoms with Gasteiger partial charge in [0.15, 0.2) is 0 Å². The molecule has 1 unspecified atom stereocenters. The van der Waals surface area contributed by atoms with E-state index in [1.165, 1.54) is 4.90 Å². The Morgan fingerprint density at radius 3 is 2.69 bits per heavy atom. The molecule has 1 aromatic carbocycles. The molecule has 1 saturated carbocycles. The van der Waals surface area contributed by atoms with E-state index in [1.54, 1.807) is 11.8 Å². The van der Waals surface area contributed by atoms with Crippen molar-refractivity contribution in [2.75, 3.05) is 0 Å². The number of benzene rings is 1. The number of hydrogen-bond donors (Lipinski definition) is 0. The van der Waals surface area contributed by atoms with Gasteiger partial charge in [-0.25, -0.2) is 0 Å². The zero-order valence-corrected chi connectivity index (χ0v) is 10.1. The summed E-state index contributed by atoms with van der Waals surface area (Å²) in [7, 11) is 0. The third-order valence-corrected chi connectivity index (χ3v) is 3.95. The van der Waals surface area contributed by atoms with E-state index in [0.717, 1.165) is 19.3 Å². The Bertz CT molecular complexity index is 368. The van der Waals surface area contributed by atoms with Crippen LogP contribution < -0.4 is 0 Å². The van der Waals surface area contributed by atoms with Crippen molar-refractivity contribution in [3.63, 3.8) is 0 Å². The third kappa shape index (κ3) is 2.99. The van der Waals surface area contributed by atoms with Gasteiger partial charge in [-0.05, 0) is 31.4 Å². The Balaban J connectivity index is 2.02. The van der Waals surface area contributed by atoms with Crippen molar-refractivity contribution in [1.29, 1.82) is 0 Å². The molecule has 1 fully saturated rings. The highest BCUT2D eigenvalue weighted by Crippen LogP contribution is 2.36. The van der Waals surface area contributed by atoms with Gasteiger partial charge in [-0.2, -0.15) is 0 Å². The van der Waals surface area contributed by atoms with Crippen LogP contribution in [-0.2, 0) is 4.79 Å². The first kappa shape index (κ1) is 11.5. The second kappa shape index (κ2) is 5.35. The number of hydrogen-bond acceptors (Lipinski definition) is 2. The Kier molecular flexibility index (Phi) is 3.83. The molecule has 1 aromatic rings. The second-order valence-corrected chi connectivity index (χ2v) is 5.40. The lowest BCUT2D eigenvalue weighted by atomic mass is 10.1. The van der Waals surface area contributed by atoms with E-state index in [-0.39, 0.29) is 5.25 Å². The molecule has 84 valence electrons. The lowest BCUT2D eigenvalue weighted by Gasteiger charge is -2.12. The van der Waals surface area contributed by atoms with E-state index >= 15 is 0 Å².